The summed E-state index contributed by atoms with van der Waals surface area (Å²) in [6, 6.07) is 6.45. The molecule has 1 rings (SSSR count). The minimum absolute atomic E-state index is 0.0241. The number of benzene rings is 1. The van der Waals surface area contributed by atoms with Crippen molar-refractivity contribution in [2.24, 2.45) is 5.92 Å². The average molecular weight is 291 g/mol. The van der Waals surface area contributed by atoms with Gasteiger partial charge in [0.05, 0.1) is 0 Å². The van der Waals surface area contributed by atoms with Gasteiger partial charge in [0.15, 0.2) is 0 Å². The Bertz CT molecular complexity index is 498. The Morgan fingerprint density at radius 1 is 1.14 bits per heavy atom. The van der Waals surface area contributed by atoms with E-state index in [1.54, 1.807) is 12.1 Å². The molecule has 21 heavy (non-hydrogen) atoms. The molecule has 0 spiro atoms. The van der Waals surface area contributed by atoms with Crippen molar-refractivity contribution in [1.29, 1.82) is 0 Å². The van der Waals surface area contributed by atoms with Crippen molar-refractivity contribution in [3.05, 3.63) is 35.4 Å². The molecule has 0 saturated carbocycles. The van der Waals surface area contributed by atoms with Gasteiger partial charge in [-0.3, -0.25) is 4.79 Å². The topological polar surface area (TPSA) is 66.4 Å². The number of carboxylic acid groups (broad SMARTS) is 1. The molecule has 0 bridgehead atoms. The lowest BCUT2D eigenvalue weighted by atomic mass is 9.86. The quantitative estimate of drug-likeness (QED) is 0.875. The fourth-order valence-corrected chi connectivity index (χ4v) is 2.06. The zero-order chi connectivity index (χ0) is 16.2. The first-order valence-electron chi connectivity index (χ1n) is 7.25. The van der Waals surface area contributed by atoms with Crippen molar-refractivity contribution < 1.29 is 14.7 Å². The molecular formula is C17H25NO3. The lowest BCUT2D eigenvalue weighted by molar-refractivity contribution is -0.139. The van der Waals surface area contributed by atoms with Crippen LogP contribution >= 0.6 is 0 Å². The van der Waals surface area contributed by atoms with Gasteiger partial charge in [0.1, 0.15) is 6.04 Å². The normalized spacial score (nSPS) is 13.0. The molecule has 4 heteroatoms. The molecule has 1 unspecified atom stereocenters. The Hall–Kier alpha value is -1.84. The molecule has 2 N–H and O–H groups in total. The van der Waals surface area contributed by atoms with Gasteiger partial charge in [-0.05, 0) is 35.4 Å². The third kappa shape index (κ3) is 5.21. The van der Waals surface area contributed by atoms with Crippen LogP contribution in [0.1, 0.15) is 57.0 Å². The first kappa shape index (κ1) is 17.2. The molecule has 0 aliphatic carbocycles. The maximum absolute atomic E-state index is 12.1. The highest BCUT2D eigenvalue weighted by Gasteiger charge is 2.22. The summed E-state index contributed by atoms with van der Waals surface area (Å²) in [4.78, 5) is 23.3. The molecule has 1 amide bonds. The second-order valence-corrected chi connectivity index (χ2v) is 6.82. The molecule has 116 valence electrons. The second kappa shape index (κ2) is 6.74. The van der Waals surface area contributed by atoms with Gasteiger partial charge < -0.3 is 10.4 Å². The standard InChI is InChI=1S/C17H25NO3/c1-11(2)10-14(16(20)21)18-15(19)12-6-8-13(9-7-12)17(3,4)5/h6-9,11,14H,10H2,1-5H3,(H,18,19)(H,20,21). The second-order valence-electron chi connectivity index (χ2n) is 6.82. The fraction of sp³-hybridized carbons (Fsp3) is 0.529. The van der Waals surface area contributed by atoms with Crippen molar-refractivity contribution in [3.63, 3.8) is 0 Å². The fourth-order valence-electron chi connectivity index (χ4n) is 2.06. The molecule has 1 aromatic rings. The summed E-state index contributed by atoms with van der Waals surface area (Å²) in [5.41, 5.74) is 1.64. The molecule has 0 saturated heterocycles. The SMILES string of the molecule is CC(C)CC(NC(=O)c1ccc(C(C)(C)C)cc1)C(=O)O. The van der Waals surface area contributed by atoms with Gasteiger partial charge >= 0.3 is 5.97 Å². The number of carboxylic acids is 1. The van der Waals surface area contributed by atoms with Crippen LogP contribution in [0.2, 0.25) is 0 Å². The highest BCUT2D eigenvalue weighted by molar-refractivity contribution is 5.96. The molecule has 0 heterocycles. The molecule has 0 fully saturated rings. The van der Waals surface area contributed by atoms with Crippen LogP contribution in [0, 0.1) is 5.92 Å². The third-order valence-electron chi connectivity index (χ3n) is 3.32. The Morgan fingerprint density at radius 3 is 2.05 bits per heavy atom. The van der Waals surface area contributed by atoms with E-state index in [-0.39, 0.29) is 17.2 Å². The van der Waals surface area contributed by atoms with Crippen LogP contribution in [0.15, 0.2) is 24.3 Å². The maximum Gasteiger partial charge on any atom is 0.326 e. The molecule has 1 atom stereocenters. The van der Waals surface area contributed by atoms with Crippen LogP contribution < -0.4 is 5.32 Å². The number of hydrogen-bond donors (Lipinski definition) is 2. The largest absolute Gasteiger partial charge is 0.480 e. The van der Waals surface area contributed by atoms with Crippen molar-refractivity contribution in [2.45, 2.75) is 52.5 Å². The number of nitrogens with one attached hydrogen (secondary N) is 1. The number of hydrogen-bond acceptors (Lipinski definition) is 2. The Morgan fingerprint density at radius 2 is 1.67 bits per heavy atom. The van der Waals surface area contributed by atoms with E-state index in [1.807, 2.05) is 26.0 Å². The summed E-state index contributed by atoms with van der Waals surface area (Å²) in [5, 5.41) is 11.7. The van der Waals surface area contributed by atoms with Gasteiger partial charge in [0.2, 0.25) is 0 Å². The van der Waals surface area contributed by atoms with E-state index in [4.69, 9.17) is 5.11 Å². The van der Waals surface area contributed by atoms with E-state index in [9.17, 15) is 9.59 Å². The van der Waals surface area contributed by atoms with E-state index in [2.05, 4.69) is 26.1 Å². The van der Waals surface area contributed by atoms with E-state index in [0.29, 0.717) is 12.0 Å². The van der Waals surface area contributed by atoms with E-state index in [1.165, 1.54) is 0 Å². The summed E-state index contributed by atoms with van der Waals surface area (Å²) in [7, 11) is 0. The van der Waals surface area contributed by atoms with E-state index < -0.39 is 12.0 Å². The van der Waals surface area contributed by atoms with Crippen LogP contribution in [-0.4, -0.2) is 23.0 Å². The van der Waals surface area contributed by atoms with Crippen LogP contribution in [0.4, 0.5) is 0 Å². The molecule has 1 aromatic carbocycles. The summed E-state index contributed by atoms with van der Waals surface area (Å²) in [6.07, 6.45) is 0.418. The van der Waals surface area contributed by atoms with Gasteiger partial charge in [-0.2, -0.15) is 0 Å². The molecule has 0 radical (unpaired) electrons. The van der Waals surface area contributed by atoms with Gasteiger partial charge in [-0.15, -0.1) is 0 Å². The molecule has 0 aromatic heterocycles. The monoisotopic (exact) mass is 291 g/mol. The first-order chi connectivity index (χ1) is 9.61. The minimum atomic E-state index is -0.997. The Balaban J connectivity index is 2.81. The van der Waals surface area contributed by atoms with Gasteiger partial charge in [-0.25, -0.2) is 4.79 Å². The first-order valence-corrected chi connectivity index (χ1v) is 7.25. The number of carbonyl (C=O) groups excluding carboxylic acids is 1. The summed E-state index contributed by atoms with van der Waals surface area (Å²) in [5.74, 6) is -1.14. The maximum atomic E-state index is 12.1. The minimum Gasteiger partial charge on any atom is -0.480 e. The van der Waals surface area contributed by atoms with Gasteiger partial charge in [0.25, 0.3) is 5.91 Å². The van der Waals surface area contributed by atoms with Crippen molar-refractivity contribution in [3.8, 4) is 0 Å². The number of aliphatic carboxylic acids is 1. The zero-order valence-corrected chi connectivity index (χ0v) is 13.4. The van der Waals surface area contributed by atoms with Crippen molar-refractivity contribution in [1.82, 2.24) is 5.32 Å². The summed E-state index contributed by atoms with van der Waals surface area (Å²) >= 11 is 0. The summed E-state index contributed by atoms with van der Waals surface area (Å²) < 4.78 is 0. The third-order valence-corrected chi connectivity index (χ3v) is 3.32. The Labute approximate surface area is 126 Å². The highest BCUT2D eigenvalue weighted by Crippen LogP contribution is 2.22. The molecule has 4 nitrogen and oxygen atoms in total. The summed E-state index contributed by atoms with van der Waals surface area (Å²) in [6.45, 7) is 10.2. The number of carbonyl (C=O) groups is 2. The predicted molar refractivity (Wildman–Crippen MR) is 83.5 cm³/mol. The van der Waals surface area contributed by atoms with Gasteiger partial charge in [0, 0.05) is 5.56 Å². The lowest BCUT2D eigenvalue weighted by Crippen LogP contribution is -2.41. The van der Waals surface area contributed by atoms with E-state index in [0.717, 1.165) is 5.56 Å². The smallest absolute Gasteiger partial charge is 0.326 e. The predicted octanol–water partition coefficient (Wildman–Crippen LogP) is 3.21. The van der Waals surface area contributed by atoms with Gasteiger partial charge in [-0.1, -0.05) is 46.8 Å². The average Bonchev–Trinajstić information content (AvgIpc) is 2.36. The van der Waals surface area contributed by atoms with E-state index >= 15 is 0 Å². The molecular weight excluding hydrogens is 266 g/mol. The van der Waals surface area contributed by atoms with Crippen LogP contribution in [0.5, 0.6) is 0 Å². The van der Waals surface area contributed by atoms with Crippen molar-refractivity contribution in [2.75, 3.05) is 0 Å². The Kier molecular flexibility index (Phi) is 5.53. The van der Waals surface area contributed by atoms with Crippen LogP contribution in [0.3, 0.4) is 0 Å². The molecule has 0 aliphatic rings. The lowest BCUT2D eigenvalue weighted by Gasteiger charge is -2.20. The molecule has 0 aliphatic heterocycles. The highest BCUT2D eigenvalue weighted by atomic mass is 16.4. The zero-order valence-electron chi connectivity index (χ0n) is 13.4. The van der Waals surface area contributed by atoms with Crippen LogP contribution in [-0.2, 0) is 10.2 Å². The number of rotatable bonds is 5. The number of amides is 1. The van der Waals surface area contributed by atoms with Crippen LogP contribution in [0.25, 0.3) is 0 Å². The van der Waals surface area contributed by atoms with Crippen molar-refractivity contribution >= 4 is 11.9 Å².